The van der Waals surface area contributed by atoms with E-state index in [2.05, 4.69) is 10.1 Å². The number of halogens is 3. The summed E-state index contributed by atoms with van der Waals surface area (Å²) < 4.78 is 79.9. The summed E-state index contributed by atoms with van der Waals surface area (Å²) in [6, 6.07) is 8.97. The Morgan fingerprint density at radius 2 is 1.93 bits per heavy atom. The summed E-state index contributed by atoms with van der Waals surface area (Å²) >= 11 is 1.28. The van der Waals surface area contributed by atoms with Crippen LogP contribution >= 0.6 is 19.6 Å². The molecule has 292 valence electrons. The van der Waals surface area contributed by atoms with Crippen molar-refractivity contribution < 1.29 is 80.6 Å². The van der Waals surface area contributed by atoms with E-state index in [1.165, 1.54) is 53.4 Å². The molecule has 1 aromatic heterocycles. The van der Waals surface area contributed by atoms with E-state index < -0.39 is 54.5 Å². The molecule has 1 aliphatic heterocycles. The van der Waals surface area contributed by atoms with Gasteiger partial charge in [-0.3, -0.25) is 9.36 Å². The molecule has 13 nitrogen and oxygen atoms in total. The minimum absolute atomic E-state index is 0. The van der Waals surface area contributed by atoms with E-state index in [9.17, 15) is 27.9 Å². The van der Waals surface area contributed by atoms with Gasteiger partial charge in [-0.2, -0.15) is 10.4 Å². The zero-order valence-corrected chi connectivity index (χ0v) is 34.6. The Kier molecular flexibility index (Phi) is 18.8. The summed E-state index contributed by atoms with van der Waals surface area (Å²) in [6.07, 6.45) is 6.66. The van der Waals surface area contributed by atoms with E-state index in [0.717, 1.165) is 12.1 Å². The number of thioether (sulfide) groups is 1. The van der Waals surface area contributed by atoms with Crippen molar-refractivity contribution in [3.8, 4) is 6.07 Å². The number of phosphoric ester groups is 1. The van der Waals surface area contributed by atoms with Crippen molar-refractivity contribution in [2.24, 2.45) is 0 Å². The summed E-state index contributed by atoms with van der Waals surface area (Å²) in [6.45, 7) is 6.77. The smallest absolute Gasteiger partial charge is 0.756 e. The Balaban J connectivity index is 0.00000812. The number of carbonyl (C=O) groups excluding carboxylic acids is 1. The Morgan fingerprint density at radius 1 is 1.20 bits per heavy atom. The summed E-state index contributed by atoms with van der Waals surface area (Å²) in [5.41, 5.74) is -1.43. The maximum absolute atomic E-state index is 15.7. The molecule has 19 heteroatoms. The van der Waals surface area contributed by atoms with E-state index in [1.807, 2.05) is 24.8 Å². The minimum atomic E-state index is -5.15. The van der Waals surface area contributed by atoms with E-state index in [1.54, 1.807) is 25.2 Å². The second-order valence-corrected chi connectivity index (χ2v) is 15.1. The molecule has 2 heterocycles. The first-order valence-electron chi connectivity index (χ1n) is 17.1. The zero-order valence-electron chi connectivity index (χ0n) is 30.9. The van der Waals surface area contributed by atoms with Gasteiger partial charge in [-0.25, -0.2) is 22.8 Å². The molecule has 55 heavy (non-hydrogen) atoms. The van der Waals surface area contributed by atoms with Gasteiger partial charge in [0.15, 0.2) is 11.9 Å². The second kappa shape index (κ2) is 22.2. The van der Waals surface area contributed by atoms with Gasteiger partial charge < -0.3 is 33.4 Å². The van der Waals surface area contributed by atoms with Crippen LogP contribution in [0.4, 0.5) is 13.2 Å². The quantitative estimate of drug-likeness (QED) is 0.0809. The molecule has 1 aliphatic rings. The topological polar surface area (TPSA) is 172 Å². The van der Waals surface area contributed by atoms with Gasteiger partial charge in [-0.1, -0.05) is 38.1 Å². The van der Waals surface area contributed by atoms with Crippen LogP contribution in [0.15, 0.2) is 67.3 Å². The van der Waals surface area contributed by atoms with Crippen LogP contribution < -0.4 is 34.5 Å². The van der Waals surface area contributed by atoms with Crippen molar-refractivity contribution in [3.05, 3.63) is 101 Å². The Hall–Kier alpha value is -2.85. The van der Waals surface area contributed by atoms with Crippen LogP contribution in [0, 0.1) is 28.8 Å². The van der Waals surface area contributed by atoms with Crippen LogP contribution in [-0.4, -0.2) is 86.3 Å². The molecular weight excluding hydrogens is 773 g/mol. The SMILES string of the molecule is CCN(CC)CC(CCC(=O)O[C@@](Cn1cncn1)(c1ccc(F)cc1F)[C@@H](C)S[C@H]1CO[C@H](C=CC=Cc2ccc(C#N)cc2F)OC1)OP(=O)([O-])O.[Na+]. The van der Waals surface area contributed by atoms with Gasteiger partial charge in [0, 0.05) is 35.4 Å². The van der Waals surface area contributed by atoms with Crippen LogP contribution in [0.3, 0.4) is 0 Å². The van der Waals surface area contributed by atoms with Gasteiger partial charge in [0.25, 0.3) is 7.82 Å². The van der Waals surface area contributed by atoms with Crippen molar-refractivity contribution in [2.75, 3.05) is 32.8 Å². The van der Waals surface area contributed by atoms with E-state index in [4.69, 9.17) is 24.0 Å². The monoisotopic (exact) mass is 815 g/mol. The number of nitriles is 1. The molecule has 1 N–H and O–H groups in total. The average Bonchev–Trinajstić information content (AvgIpc) is 3.64. The molecule has 2 unspecified atom stereocenters. The number of likely N-dealkylation sites (N-methyl/N-ethyl adjacent to an activating group) is 1. The number of ether oxygens (including phenoxy) is 3. The van der Waals surface area contributed by atoms with Crippen molar-refractivity contribution in [1.29, 1.82) is 5.26 Å². The predicted molar refractivity (Wildman–Crippen MR) is 192 cm³/mol. The van der Waals surface area contributed by atoms with Crippen LogP contribution in [0.1, 0.15) is 50.3 Å². The number of nitrogens with zero attached hydrogens (tertiary/aromatic N) is 5. The molecule has 3 aromatic rings. The number of carbonyl (C=O) groups is 1. The van der Waals surface area contributed by atoms with Crippen molar-refractivity contribution in [1.82, 2.24) is 19.7 Å². The molecular formula is C36H42F3N5NaO8PS. The van der Waals surface area contributed by atoms with Gasteiger partial charge in [0.05, 0.1) is 42.7 Å². The van der Waals surface area contributed by atoms with E-state index >= 15 is 4.39 Å². The summed E-state index contributed by atoms with van der Waals surface area (Å²) in [5, 5.41) is 12.0. The average molecular weight is 816 g/mol. The number of rotatable bonds is 19. The van der Waals surface area contributed by atoms with Gasteiger partial charge in [-0.05, 0) is 56.8 Å². The minimum Gasteiger partial charge on any atom is -0.756 e. The zero-order chi connectivity index (χ0) is 39.3. The molecule has 4 rings (SSSR count). The van der Waals surface area contributed by atoms with Crippen molar-refractivity contribution in [3.63, 3.8) is 0 Å². The fourth-order valence-electron chi connectivity index (χ4n) is 5.79. The number of hydrogen-bond acceptors (Lipinski definition) is 12. The van der Waals surface area contributed by atoms with Crippen molar-refractivity contribution >= 4 is 31.6 Å². The standard InChI is InChI=1S/C36H43F3N5O8PS.Na/c1-4-43(5-2)19-29(52-53(46,47)48)13-15-34(45)51-36(22-44-24-41-23-42-44,31-14-12-28(37)17-33(31)39)25(3)54-30-20-49-35(50-21-30)9-7-6-8-27-11-10-26(18-40)16-32(27)38;/h6-12,14,16-17,23-25,29-30,35H,4-5,13,15,19-22H2,1-3H3,(H2,46,47,48);/q;+1/p-1/t25-,29?,30-,35-,36-;/m1./s1. The fourth-order valence-corrected chi connectivity index (χ4v) is 7.70. The van der Waals surface area contributed by atoms with E-state index in [0.29, 0.717) is 24.7 Å². The molecule has 0 aliphatic carbocycles. The molecule has 1 fully saturated rings. The maximum atomic E-state index is 15.7. The predicted octanol–water partition coefficient (Wildman–Crippen LogP) is 2.11. The molecule has 4 atom stereocenters. The van der Waals surface area contributed by atoms with Crippen LogP contribution in [0.25, 0.3) is 6.08 Å². The second-order valence-electron chi connectivity index (χ2n) is 12.3. The van der Waals surface area contributed by atoms with Crippen molar-refractivity contribution in [2.45, 2.75) is 68.7 Å². The molecule has 0 saturated carbocycles. The third kappa shape index (κ3) is 14.2. The summed E-state index contributed by atoms with van der Waals surface area (Å²) in [4.78, 5) is 40.6. The molecule has 0 bridgehead atoms. The normalized spacial score (nSPS) is 19.3. The number of allylic oxidation sites excluding steroid dienone is 2. The molecule has 0 amide bonds. The first kappa shape index (κ1) is 46.5. The third-order valence-electron chi connectivity index (χ3n) is 8.59. The van der Waals surface area contributed by atoms with Crippen LogP contribution in [-0.2, 0) is 40.2 Å². The maximum Gasteiger partial charge on any atom is 1.00 e. The van der Waals surface area contributed by atoms with Gasteiger partial charge >= 0.3 is 35.5 Å². The Morgan fingerprint density at radius 3 is 2.53 bits per heavy atom. The van der Waals surface area contributed by atoms with Crippen LogP contribution in [0.5, 0.6) is 0 Å². The summed E-state index contributed by atoms with van der Waals surface area (Å²) in [7, 11) is -5.15. The number of hydrogen-bond donors (Lipinski definition) is 1. The molecule has 0 spiro atoms. The number of phosphoric acid groups is 1. The first-order valence-corrected chi connectivity index (χ1v) is 19.6. The Bertz CT molecular complexity index is 1840. The van der Waals surface area contributed by atoms with E-state index in [-0.39, 0.29) is 85.1 Å². The van der Waals surface area contributed by atoms with Crippen LogP contribution in [0.2, 0.25) is 0 Å². The molecule has 0 radical (unpaired) electrons. The number of esters is 1. The summed E-state index contributed by atoms with van der Waals surface area (Å²) in [5.74, 6) is -3.19. The first-order chi connectivity index (χ1) is 25.7. The number of benzene rings is 2. The largest absolute Gasteiger partial charge is 1.00 e. The van der Waals surface area contributed by atoms with Gasteiger partial charge in [0.2, 0.25) is 0 Å². The van der Waals surface area contributed by atoms with Gasteiger partial charge in [0.1, 0.15) is 30.1 Å². The number of aromatic nitrogens is 3. The Labute approximate surface area is 344 Å². The molecule has 1 saturated heterocycles. The van der Waals surface area contributed by atoms with Gasteiger partial charge in [-0.15, -0.1) is 11.8 Å². The molecule has 2 aromatic carbocycles. The fraction of sp³-hybridized carbons (Fsp3) is 0.444. The third-order valence-corrected chi connectivity index (χ3v) is 10.6.